The van der Waals surface area contributed by atoms with Crippen LogP contribution in [-0.2, 0) is 0 Å². The van der Waals surface area contributed by atoms with Crippen LogP contribution in [0.5, 0.6) is 0 Å². The van der Waals surface area contributed by atoms with Crippen LogP contribution in [0.4, 0.5) is 0 Å². The van der Waals surface area contributed by atoms with E-state index in [-0.39, 0.29) is 35.7 Å². The highest BCUT2D eigenvalue weighted by Gasteiger charge is 2.27. The summed E-state index contributed by atoms with van der Waals surface area (Å²) in [6, 6.07) is 10.9. The van der Waals surface area contributed by atoms with E-state index < -0.39 is 5.91 Å². The average molecular weight is 364 g/mol. The van der Waals surface area contributed by atoms with Crippen LogP contribution >= 0.6 is 12.4 Å². The quantitative estimate of drug-likeness (QED) is 0.854. The second-order valence-corrected chi connectivity index (χ2v) is 5.91. The van der Waals surface area contributed by atoms with Gasteiger partial charge in [-0.2, -0.15) is 5.10 Å². The third kappa shape index (κ3) is 4.00. The Morgan fingerprint density at radius 1 is 1.28 bits per heavy atom. The monoisotopic (exact) mass is 363 g/mol. The van der Waals surface area contributed by atoms with Gasteiger partial charge in [0.05, 0.1) is 5.69 Å². The van der Waals surface area contributed by atoms with Gasteiger partial charge in [0.15, 0.2) is 5.69 Å². The normalized spacial score (nSPS) is 17.0. The van der Waals surface area contributed by atoms with Crippen LogP contribution in [0.1, 0.15) is 33.8 Å². The number of carbonyl (C=O) groups excluding carboxylic acids is 2. The fraction of sp³-hybridized carbons (Fsp3) is 0.353. The van der Waals surface area contributed by atoms with Gasteiger partial charge in [-0.25, -0.2) is 4.68 Å². The first-order valence-corrected chi connectivity index (χ1v) is 8.02. The molecule has 3 rings (SSSR count). The number of para-hydroxylation sites is 1. The van der Waals surface area contributed by atoms with Crippen molar-refractivity contribution in [1.82, 2.24) is 20.0 Å². The Kier molecular flexibility index (Phi) is 6.17. The van der Waals surface area contributed by atoms with E-state index in [0.717, 1.165) is 12.8 Å². The van der Waals surface area contributed by atoms with Gasteiger partial charge in [0.1, 0.15) is 5.69 Å². The Bertz CT molecular complexity index is 747. The summed E-state index contributed by atoms with van der Waals surface area (Å²) in [5.74, 6) is -0.788. The van der Waals surface area contributed by atoms with Crippen LogP contribution in [0.3, 0.4) is 0 Å². The molecule has 3 N–H and O–H groups in total. The molecular weight excluding hydrogens is 342 g/mol. The van der Waals surface area contributed by atoms with Gasteiger partial charge >= 0.3 is 0 Å². The number of benzene rings is 1. The highest BCUT2D eigenvalue weighted by molar-refractivity contribution is 5.97. The van der Waals surface area contributed by atoms with Crippen molar-refractivity contribution in [3.63, 3.8) is 0 Å². The number of hydrogen-bond donors (Lipinski definition) is 2. The minimum atomic E-state index is -0.614. The zero-order chi connectivity index (χ0) is 17.1. The molecule has 1 atom stereocenters. The van der Waals surface area contributed by atoms with Crippen LogP contribution in [0, 0.1) is 0 Å². The first-order valence-electron chi connectivity index (χ1n) is 8.02. The number of amides is 2. The van der Waals surface area contributed by atoms with E-state index in [2.05, 4.69) is 10.4 Å². The highest BCUT2D eigenvalue weighted by atomic mass is 35.5. The van der Waals surface area contributed by atoms with Crippen molar-refractivity contribution in [1.29, 1.82) is 0 Å². The van der Waals surface area contributed by atoms with Crippen LogP contribution in [0.15, 0.2) is 36.4 Å². The molecule has 1 aromatic carbocycles. The van der Waals surface area contributed by atoms with E-state index in [1.165, 1.54) is 10.7 Å². The van der Waals surface area contributed by atoms with E-state index in [1.54, 1.807) is 4.90 Å². The van der Waals surface area contributed by atoms with Gasteiger partial charge in [-0.3, -0.25) is 9.59 Å². The molecule has 1 saturated heterocycles. The number of likely N-dealkylation sites (tertiary alicyclic amines) is 1. The van der Waals surface area contributed by atoms with Crippen molar-refractivity contribution < 1.29 is 9.59 Å². The summed E-state index contributed by atoms with van der Waals surface area (Å²) in [5.41, 5.74) is 6.59. The first-order chi connectivity index (χ1) is 11.6. The molecular formula is C17H22ClN5O2. The Morgan fingerprint density at radius 2 is 2.00 bits per heavy atom. The smallest absolute Gasteiger partial charge is 0.274 e. The lowest BCUT2D eigenvalue weighted by atomic mass is 10.1. The maximum Gasteiger partial charge on any atom is 0.274 e. The molecule has 2 heterocycles. The largest absolute Gasteiger partial charge is 0.364 e. The molecule has 8 heteroatoms. The Balaban J connectivity index is 0.00000225. The Morgan fingerprint density at radius 3 is 2.64 bits per heavy atom. The number of piperidine rings is 1. The second kappa shape index (κ2) is 8.13. The molecule has 2 aromatic rings. The van der Waals surface area contributed by atoms with E-state index in [0.29, 0.717) is 18.8 Å². The molecule has 1 unspecified atom stereocenters. The number of primary amides is 1. The van der Waals surface area contributed by atoms with E-state index >= 15 is 0 Å². The van der Waals surface area contributed by atoms with Crippen molar-refractivity contribution in [2.24, 2.45) is 5.73 Å². The molecule has 0 saturated carbocycles. The molecule has 1 aliphatic heterocycles. The minimum Gasteiger partial charge on any atom is -0.364 e. The molecule has 134 valence electrons. The number of rotatable bonds is 4. The number of hydrogen-bond acceptors (Lipinski definition) is 4. The molecule has 25 heavy (non-hydrogen) atoms. The number of nitrogens with two attached hydrogens (primary N) is 1. The predicted molar refractivity (Wildman–Crippen MR) is 97.3 cm³/mol. The maximum absolute atomic E-state index is 12.8. The van der Waals surface area contributed by atoms with Gasteiger partial charge in [-0.15, -0.1) is 12.4 Å². The first kappa shape index (κ1) is 19.0. The molecule has 0 radical (unpaired) electrons. The third-order valence-electron chi connectivity index (χ3n) is 4.30. The summed E-state index contributed by atoms with van der Waals surface area (Å²) in [4.78, 5) is 26.3. The van der Waals surface area contributed by atoms with E-state index in [1.807, 2.05) is 37.4 Å². The van der Waals surface area contributed by atoms with Crippen LogP contribution in [0.25, 0.3) is 5.69 Å². The van der Waals surface area contributed by atoms with Crippen molar-refractivity contribution in [3.05, 3.63) is 47.8 Å². The molecule has 1 aliphatic rings. The fourth-order valence-corrected chi connectivity index (χ4v) is 2.99. The topological polar surface area (TPSA) is 93.3 Å². The third-order valence-corrected chi connectivity index (χ3v) is 4.30. The number of likely N-dealkylation sites (N-methyl/N-ethyl adjacent to an activating group) is 1. The summed E-state index contributed by atoms with van der Waals surface area (Å²) in [6.45, 7) is 1.33. The van der Waals surface area contributed by atoms with Gasteiger partial charge in [0.2, 0.25) is 0 Å². The highest BCUT2D eigenvalue weighted by Crippen LogP contribution is 2.16. The lowest BCUT2D eigenvalue weighted by Gasteiger charge is -2.32. The van der Waals surface area contributed by atoms with Crippen molar-refractivity contribution in [2.45, 2.75) is 18.9 Å². The SMILES string of the molecule is CNC1CCCN(C(=O)c2cc(C(N)=O)n(-c3ccccc3)n2)C1.Cl. The average Bonchev–Trinajstić information content (AvgIpc) is 3.07. The predicted octanol–water partition coefficient (Wildman–Crippen LogP) is 1.22. The summed E-state index contributed by atoms with van der Waals surface area (Å²) in [5, 5.41) is 7.54. The summed E-state index contributed by atoms with van der Waals surface area (Å²) < 4.78 is 1.43. The van der Waals surface area contributed by atoms with E-state index in [4.69, 9.17) is 5.73 Å². The molecule has 0 bridgehead atoms. The van der Waals surface area contributed by atoms with E-state index in [9.17, 15) is 9.59 Å². The van der Waals surface area contributed by atoms with Gasteiger partial charge in [0, 0.05) is 25.2 Å². The minimum absolute atomic E-state index is 0. The molecule has 0 aliphatic carbocycles. The number of halogens is 1. The van der Waals surface area contributed by atoms with Gasteiger partial charge < -0.3 is 16.0 Å². The lowest BCUT2D eigenvalue weighted by molar-refractivity contribution is 0.0691. The van der Waals surface area contributed by atoms with Crippen LogP contribution in [-0.4, -0.2) is 52.7 Å². The molecule has 1 aromatic heterocycles. The van der Waals surface area contributed by atoms with Crippen molar-refractivity contribution in [3.8, 4) is 5.69 Å². The summed E-state index contributed by atoms with van der Waals surface area (Å²) in [7, 11) is 1.90. The Labute approximate surface area is 152 Å². The zero-order valence-electron chi connectivity index (χ0n) is 14.0. The number of nitrogens with zero attached hydrogens (tertiary/aromatic N) is 3. The number of aromatic nitrogens is 2. The van der Waals surface area contributed by atoms with Crippen molar-refractivity contribution in [2.75, 3.05) is 20.1 Å². The summed E-state index contributed by atoms with van der Waals surface area (Å²) >= 11 is 0. The number of carbonyl (C=O) groups is 2. The molecule has 7 nitrogen and oxygen atoms in total. The fourth-order valence-electron chi connectivity index (χ4n) is 2.99. The van der Waals surface area contributed by atoms with Gasteiger partial charge in [-0.1, -0.05) is 18.2 Å². The molecule has 0 spiro atoms. The molecule has 2 amide bonds. The van der Waals surface area contributed by atoms with Crippen LogP contribution in [0.2, 0.25) is 0 Å². The van der Waals surface area contributed by atoms with Gasteiger partial charge in [-0.05, 0) is 32.0 Å². The number of nitrogens with one attached hydrogen (secondary N) is 1. The second-order valence-electron chi connectivity index (χ2n) is 5.91. The lowest BCUT2D eigenvalue weighted by Crippen LogP contribution is -2.47. The standard InChI is InChI=1S/C17H21N5O2.ClH/c1-19-12-6-5-9-21(11-12)17(24)14-10-15(16(18)23)22(20-14)13-7-3-2-4-8-13;/h2-4,7-8,10,12,19H,5-6,9,11H2,1H3,(H2,18,23);1H. The van der Waals surface area contributed by atoms with Crippen molar-refractivity contribution >= 4 is 24.2 Å². The van der Waals surface area contributed by atoms with Gasteiger partial charge in [0.25, 0.3) is 11.8 Å². The summed E-state index contributed by atoms with van der Waals surface area (Å²) in [6.07, 6.45) is 1.99. The van der Waals surface area contributed by atoms with Crippen LogP contribution < -0.4 is 11.1 Å². The Hall–Kier alpha value is -2.38. The maximum atomic E-state index is 12.8. The zero-order valence-corrected chi connectivity index (χ0v) is 14.8. The molecule has 1 fully saturated rings.